The predicted molar refractivity (Wildman–Crippen MR) is 125 cm³/mol. The van der Waals surface area contributed by atoms with Crippen LogP contribution in [0.25, 0.3) is 11.0 Å². The number of aromatic nitrogens is 2. The molecule has 0 fully saturated rings. The van der Waals surface area contributed by atoms with Gasteiger partial charge in [-0.1, -0.05) is 66.4 Å². The van der Waals surface area contributed by atoms with Gasteiger partial charge in [-0.25, -0.2) is 4.98 Å². The molecule has 4 rings (SSSR count). The van der Waals surface area contributed by atoms with Crippen molar-refractivity contribution < 1.29 is 14.3 Å². The molecule has 162 valence electrons. The van der Waals surface area contributed by atoms with Crippen LogP contribution in [0.3, 0.4) is 0 Å². The number of esters is 1. The minimum Gasteiger partial charge on any atom is -0.469 e. The minimum absolute atomic E-state index is 0.0679. The Kier molecular flexibility index (Phi) is 6.87. The Morgan fingerprint density at radius 2 is 1.72 bits per heavy atom. The smallest absolute Gasteiger partial charge is 0.307 e. The van der Waals surface area contributed by atoms with E-state index in [1.165, 1.54) is 7.11 Å². The van der Waals surface area contributed by atoms with Crippen molar-refractivity contribution in [3.05, 3.63) is 95.6 Å². The molecule has 2 N–H and O–H groups in total. The molecule has 7 heteroatoms. The first kappa shape index (κ1) is 21.6. The number of imidazole rings is 1. The number of carbonyl (C=O) groups excluding carboxylic acids is 2. The summed E-state index contributed by atoms with van der Waals surface area (Å²) in [5.41, 5.74) is 4.43. The number of hydrogen-bond acceptors (Lipinski definition) is 5. The number of thioether (sulfide) groups is 1. The number of H-pyrrole nitrogens is 1. The van der Waals surface area contributed by atoms with Crippen molar-refractivity contribution in [1.82, 2.24) is 15.3 Å². The molecule has 4 aromatic rings. The second-order valence-corrected chi connectivity index (χ2v) is 8.23. The number of amides is 1. The molecule has 1 aromatic heterocycles. The van der Waals surface area contributed by atoms with E-state index in [2.05, 4.69) is 15.3 Å². The summed E-state index contributed by atoms with van der Waals surface area (Å²) in [4.78, 5) is 32.5. The number of carbonyl (C=O) groups is 2. The largest absolute Gasteiger partial charge is 0.469 e. The van der Waals surface area contributed by atoms with Crippen molar-refractivity contribution in [2.45, 2.75) is 23.4 Å². The highest BCUT2D eigenvalue weighted by Gasteiger charge is 2.19. The van der Waals surface area contributed by atoms with E-state index < -0.39 is 6.04 Å². The van der Waals surface area contributed by atoms with Crippen LogP contribution in [-0.4, -0.2) is 29.0 Å². The van der Waals surface area contributed by atoms with Gasteiger partial charge >= 0.3 is 5.97 Å². The van der Waals surface area contributed by atoms with Crippen LogP contribution in [0.2, 0.25) is 0 Å². The van der Waals surface area contributed by atoms with Gasteiger partial charge in [0.25, 0.3) is 5.91 Å². The summed E-state index contributed by atoms with van der Waals surface area (Å²) < 4.78 is 4.79. The number of para-hydroxylation sites is 2. The fraction of sp³-hybridized carbons (Fsp3) is 0.160. The Balaban J connectivity index is 1.39. The topological polar surface area (TPSA) is 84.1 Å². The maximum atomic E-state index is 12.8. The molecular formula is C25H23N3O3S. The lowest BCUT2D eigenvalue weighted by Crippen LogP contribution is -2.30. The molecule has 0 aliphatic heterocycles. The van der Waals surface area contributed by atoms with Crippen LogP contribution in [0, 0.1) is 0 Å². The van der Waals surface area contributed by atoms with Crippen LogP contribution in [0.4, 0.5) is 0 Å². The van der Waals surface area contributed by atoms with Crippen molar-refractivity contribution >= 4 is 34.7 Å². The number of ether oxygens (including phenoxy) is 1. The minimum atomic E-state index is -0.459. The number of nitrogens with one attached hydrogen (secondary N) is 2. The number of methoxy groups -OCH3 is 1. The maximum Gasteiger partial charge on any atom is 0.307 e. The Labute approximate surface area is 190 Å². The Morgan fingerprint density at radius 1 is 1.00 bits per heavy atom. The fourth-order valence-electron chi connectivity index (χ4n) is 3.33. The highest BCUT2D eigenvalue weighted by molar-refractivity contribution is 7.98. The number of nitrogens with zero attached hydrogens (tertiary/aromatic N) is 1. The second kappa shape index (κ2) is 10.2. The zero-order valence-corrected chi connectivity index (χ0v) is 18.4. The predicted octanol–water partition coefficient (Wildman–Crippen LogP) is 4.89. The van der Waals surface area contributed by atoms with Gasteiger partial charge < -0.3 is 15.0 Å². The number of hydrogen-bond donors (Lipinski definition) is 2. The highest BCUT2D eigenvalue weighted by Crippen LogP contribution is 2.23. The molecule has 1 unspecified atom stereocenters. The number of benzene rings is 3. The third-order valence-corrected chi connectivity index (χ3v) is 6.01. The van der Waals surface area contributed by atoms with Gasteiger partial charge in [-0.05, 0) is 35.4 Å². The van der Waals surface area contributed by atoms with Gasteiger partial charge in [0.1, 0.15) is 0 Å². The molecule has 0 radical (unpaired) electrons. The molecule has 1 heterocycles. The van der Waals surface area contributed by atoms with E-state index in [4.69, 9.17) is 4.74 Å². The van der Waals surface area contributed by atoms with Crippen molar-refractivity contribution in [3.63, 3.8) is 0 Å². The molecule has 1 atom stereocenters. The normalized spacial score (nSPS) is 11.8. The SMILES string of the molecule is COC(=O)CC(NC(=O)c1ccc(CSc2nc3ccccc3[nH]2)cc1)c1ccccc1. The first-order valence-electron chi connectivity index (χ1n) is 10.2. The van der Waals surface area contributed by atoms with E-state index in [1.54, 1.807) is 23.9 Å². The van der Waals surface area contributed by atoms with E-state index in [1.807, 2.05) is 66.7 Å². The molecule has 0 aliphatic carbocycles. The highest BCUT2D eigenvalue weighted by atomic mass is 32.2. The van der Waals surface area contributed by atoms with Gasteiger partial charge in [0.05, 0.1) is 30.6 Å². The Bertz CT molecular complexity index is 1170. The Morgan fingerprint density at radius 3 is 2.44 bits per heavy atom. The van der Waals surface area contributed by atoms with Crippen LogP contribution in [0.5, 0.6) is 0 Å². The summed E-state index contributed by atoms with van der Waals surface area (Å²) in [6, 6.07) is 24.3. The van der Waals surface area contributed by atoms with Crippen molar-refractivity contribution in [2.24, 2.45) is 0 Å². The van der Waals surface area contributed by atoms with Crippen molar-refractivity contribution in [2.75, 3.05) is 7.11 Å². The third-order valence-electron chi connectivity index (χ3n) is 5.07. The van der Waals surface area contributed by atoms with Crippen LogP contribution < -0.4 is 5.32 Å². The summed E-state index contributed by atoms with van der Waals surface area (Å²) in [5.74, 6) is 0.118. The average Bonchev–Trinajstić information content (AvgIpc) is 3.26. The fourth-order valence-corrected chi connectivity index (χ4v) is 4.17. The molecule has 0 spiro atoms. The molecular weight excluding hydrogens is 422 g/mol. The van der Waals surface area contributed by atoms with Gasteiger partial charge in [0, 0.05) is 11.3 Å². The van der Waals surface area contributed by atoms with Crippen LogP contribution >= 0.6 is 11.8 Å². The van der Waals surface area contributed by atoms with Gasteiger partial charge in [-0.2, -0.15) is 0 Å². The van der Waals surface area contributed by atoms with Crippen LogP contribution in [0.1, 0.15) is 33.9 Å². The molecule has 0 saturated heterocycles. The van der Waals surface area contributed by atoms with E-state index in [9.17, 15) is 9.59 Å². The maximum absolute atomic E-state index is 12.8. The van der Waals surface area contributed by atoms with E-state index >= 15 is 0 Å². The van der Waals surface area contributed by atoms with Crippen LogP contribution in [-0.2, 0) is 15.3 Å². The third kappa shape index (κ3) is 5.36. The van der Waals surface area contributed by atoms with Gasteiger partial charge in [0.2, 0.25) is 0 Å². The number of fused-ring (bicyclic) bond motifs is 1. The standard InChI is InChI=1S/C25H23N3O3S/c1-31-23(29)15-22(18-7-3-2-4-8-18)26-24(30)19-13-11-17(12-14-19)16-32-25-27-20-9-5-6-10-21(20)28-25/h2-14,22H,15-16H2,1H3,(H,26,30)(H,27,28). The van der Waals surface area contributed by atoms with Gasteiger partial charge in [-0.15, -0.1) is 0 Å². The summed E-state index contributed by atoms with van der Waals surface area (Å²) in [7, 11) is 1.34. The molecule has 0 saturated carbocycles. The molecule has 0 aliphatic rings. The van der Waals surface area contributed by atoms with E-state index in [0.717, 1.165) is 33.1 Å². The molecule has 32 heavy (non-hydrogen) atoms. The van der Waals surface area contributed by atoms with Crippen LogP contribution in [0.15, 0.2) is 84.0 Å². The number of rotatable bonds is 8. The lowest BCUT2D eigenvalue weighted by atomic mass is 10.0. The molecule has 6 nitrogen and oxygen atoms in total. The van der Waals surface area contributed by atoms with Crippen molar-refractivity contribution in [3.8, 4) is 0 Å². The second-order valence-electron chi connectivity index (χ2n) is 7.26. The Hall–Kier alpha value is -3.58. The lowest BCUT2D eigenvalue weighted by molar-refractivity contribution is -0.141. The van der Waals surface area contributed by atoms with Gasteiger partial charge in [-0.3, -0.25) is 9.59 Å². The first-order valence-corrected chi connectivity index (χ1v) is 11.2. The first-order chi connectivity index (χ1) is 15.6. The number of aromatic amines is 1. The summed E-state index contributed by atoms with van der Waals surface area (Å²) >= 11 is 1.61. The lowest BCUT2D eigenvalue weighted by Gasteiger charge is -2.18. The quantitative estimate of drug-likeness (QED) is 0.298. The van der Waals surface area contributed by atoms with Gasteiger partial charge in [0.15, 0.2) is 5.16 Å². The molecule has 3 aromatic carbocycles. The zero-order valence-electron chi connectivity index (χ0n) is 17.6. The summed E-state index contributed by atoms with van der Waals surface area (Å²) in [6.07, 6.45) is 0.0679. The van der Waals surface area contributed by atoms with Crippen molar-refractivity contribution in [1.29, 1.82) is 0 Å². The zero-order chi connectivity index (χ0) is 22.3. The average molecular weight is 446 g/mol. The van der Waals surface area contributed by atoms with E-state index in [-0.39, 0.29) is 18.3 Å². The summed E-state index contributed by atoms with van der Waals surface area (Å²) in [6.45, 7) is 0. The monoisotopic (exact) mass is 445 g/mol. The van der Waals surface area contributed by atoms with E-state index in [0.29, 0.717) is 5.56 Å². The molecule has 0 bridgehead atoms. The summed E-state index contributed by atoms with van der Waals surface area (Å²) in [5, 5.41) is 3.81. The molecule has 1 amide bonds.